The lowest BCUT2D eigenvalue weighted by Crippen LogP contribution is -2.45. The molecule has 0 unspecified atom stereocenters. The fourth-order valence-electron chi connectivity index (χ4n) is 2.98. The van der Waals surface area contributed by atoms with Gasteiger partial charge in [-0.05, 0) is 36.6 Å². The Morgan fingerprint density at radius 1 is 1.38 bits per heavy atom. The summed E-state index contributed by atoms with van der Waals surface area (Å²) >= 11 is 0. The second kappa shape index (κ2) is 8.62. The number of carbonyl (C=O) groups excluding carboxylic acids is 1. The molecule has 138 valence electrons. The average Bonchev–Trinajstić information content (AvgIpc) is 2.72. The standard InChI is InChI=1S/C19H24N4O3/c1-20-17-11-14(7-8-21-17)3-5-16-13-23(9-10-26-16)19(24)15-4-6-18(25-2)22-12-15/h4,6-8,11-12,16H,3,5,9-10,13H2,1-2H3,(H,20,21)/t16-/m1/s1. The molecule has 0 radical (unpaired) electrons. The number of nitrogens with zero attached hydrogens (tertiary/aromatic N) is 3. The monoisotopic (exact) mass is 356 g/mol. The zero-order valence-electron chi connectivity index (χ0n) is 15.1. The Hall–Kier alpha value is -2.67. The number of methoxy groups -OCH3 is 1. The summed E-state index contributed by atoms with van der Waals surface area (Å²) in [6.07, 6.45) is 5.13. The number of morpholine rings is 1. The number of aromatic nitrogens is 2. The zero-order chi connectivity index (χ0) is 18.4. The SMILES string of the molecule is CNc1cc(CC[C@@H]2CN(C(=O)c3ccc(OC)nc3)CCO2)ccn1. The Morgan fingerprint density at radius 2 is 2.27 bits per heavy atom. The number of rotatable bonds is 6. The highest BCUT2D eigenvalue weighted by Crippen LogP contribution is 2.16. The highest BCUT2D eigenvalue weighted by Gasteiger charge is 2.25. The third-order valence-corrected chi connectivity index (χ3v) is 4.45. The molecule has 3 rings (SSSR count). The number of aryl methyl sites for hydroxylation is 1. The fraction of sp³-hybridized carbons (Fsp3) is 0.421. The fourth-order valence-corrected chi connectivity index (χ4v) is 2.98. The maximum absolute atomic E-state index is 12.7. The lowest BCUT2D eigenvalue weighted by Gasteiger charge is -2.33. The van der Waals surface area contributed by atoms with Crippen LogP contribution in [0.5, 0.6) is 5.88 Å². The summed E-state index contributed by atoms with van der Waals surface area (Å²) in [5, 5.41) is 3.04. The molecule has 0 saturated carbocycles. The molecule has 2 aromatic rings. The van der Waals surface area contributed by atoms with E-state index in [1.807, 2.05) is 24.1 Å². The zero-order valence-corrected chi connectivity index (χ0v) is 15.1. The van der Waals surface area contributed by atoms with Crippen molar-refractivity contribution in [2.24, 2.45) is 0 Å². The van der Waals surface area contributed by atoms with E-state index in [9.17, 15) is 4.79 Å². The van der Waals surface area contributed by atoms with Crippen LogP contribution >= 0.6 is 0 Å². The van der Waals surface area contributed by atoms with Crippen LogP contribution < -0.4 is 10.1 Å². The topological polar surface area (TPSA) is 76.6 Å². The van der Waals surface area contributed by atoms with Crippen LogP contribution in [0.1, 0.15) is 22.3 Å². The number of ether oxygens (including phenoxy) is 2. The third-order valence-electron chi connectivity index (χ3n) is 4.45. The van der Waals surface area contributed by atoms with Gasteiger partial charge in [0.1, 0.15) is 5.82 Å². The van der Waals surface area contributed by atoms with Crippen molar-refractivity contribution in [2.45, 2.75) is 18.9 Å². The van der Waals surface area contributed by atoms with Crippen molar-refractivity contribution in [1.82, 2.24) is 14.9 Å². The van der Waals surface area contributed by atoms with Crippen LogP contribution in [0, 0.1) is 0 Å². The van der Waals surface area contributed by atoms with Gasteiger partial charge in [-0.15, -0.1) is 0 Å². The summed E-state index contributed by atoms with van der Waals surface area (Å²) in [6, 6.07) is 7.49. The van der Waals surface area contributed by atoms with Gasteiger partial charge in [0.2, 0.25) is 5.88 Å². The number of pyridine rings is 2. The lowest BCUT2D eigenvalue weighted by atomic mass is 10.1. The molecule has 0 spiro atoms. The quantitative estimate of drug-likeness (QED) is 0.853. The van der Waals surface area contributed by atoms with E-state index in [0.29, 0.717) is 31.1 Å². The third kappa shape index (κ3) is 4.49. The van der Waals surface area contributed by atoms with Crippen molar-refractivity contribution in [1.29, 1.82) is 0 Å². The van der Waals surface area contributed by atoms with E-state index in [0.717, 1.165) is 18.7 Å². The second-order valence-corrected chi connectivity index (χ2v) is 6.17. The number of nitrogens with one attached hydrogen (secondary N) is 1. The largest absolute Gasteiger partial charge is 0.481 e. The average molecular weight is 356 g/mol. The van der Waals surface area contributed by atoms with Crippen LogP contribution in [-0.4, -0.2) is 60.7 Å². The molecule has 2 aromatic heterocycles. The van der Waals surface area contributed by atoms with Crippen LogP contribution in [-0.2, 0) is 11.2 Å². The molecule has 3 heterocycles. The summed E-state index contributed by atoms with van der Waals surface area (Å²) in [5.41, 5.74) is 1.77. The molecule has 7 nitrogen and oxygen atoms in total. The predicted molar refractivity (Wildman–Crippen MR) is 98.5 cm³/mol. The first kappa shape index (κ1) is 18.1. The molecule has 1 aliphatic heterocycles. The van der Waals surface area contributed by atoms with Gasteiger partial charge >= 0.3 is 0 Å². The molecular weight excluding hydrogens is 332 g/mol. The second-order valence-electron chi connectivity index (χ2n) is 6.17. The maximum Gasteiger partial charge on any atom is 0.255 e. The van der Waals surface area contributed by atoms with E-state index >= 15 is 0 Å². The van der Waals surface area contributed by atoms with Gasteiger partial charge in [-0.2, -0.15) is 0 Å². The van der Waals surface area contributed by atoms with Gasteiger partial charge < -0.3 is 19.7 Å². The Labute approximate surface area is 153 Å². The Balaban J connectivity index is 1.56. The molecule has 1 atom stereocenters. The van der Waals surface area contributed by atoms with Crippen LogP contribution in [0.25, 0.3) is 0 Å². The minimum absolute atomic E-state index is 0.0187. The minimum atomic E-state index is -0.0187. The molecule has 0 aromatic carbocycles. The first-order valence-electron chi connectivity index (χ1n) is 8.73. The molecule has 7 heteroatoms. The Kier molecular flexibility index (Phi) is 6.01. The summed E-state index contributed by atoms with van der Waals surface area (Å²) in [6.45, 7) is 1.74. The van der Waals surface area contributed by atoms with Gasteiger partial charge in [0, 0.05) is 38.6 Å². The van der Waals surface area contributed by atoms with Crippen LogP contribution in [0.4, 0.5) is 5.82 Å². The summed E-state index contributed by atoms with van der Waals surface area (Å²) < 4.78 is 10.9. The summed E-state index contributed by atoms with van der Waals surface area (Å²) in [7, 11) is 3.41. The van der Waals surface area contributed by atoms with Gasteiger partial charge in [0.25, 0.3) is 5.91 Å². The highest BCUT2D eigenvalue weighted by atomic mass is 16.5. The lowest BCUT2D eigenvalue weighted by molar-refractivity contribution is -0.0246. The van der Waals surface area contributed by atoms with Gasteiger partial charge in [0.15, 0.2) is 0 Å². The molecule has 1 amide bonds. The van der Waals surface area contributed by atoms with E-state index in [4.69, 9.17) is 9.47 Å². The first-order chi connectivity index (χ1) is 12.7. The van der Waals surface area contributed by atoms with E-state index < -0.39 is 0 Å². The van der Waals surface area contributed by atoms with E-state index in [1.165, 1.54) is 5.56 Å². The van der Waals surface area contributed by atoms with Crippen molar-refractivity contribution in [2.75, 3.05) is 39.2 Å². The maximum atomic E-state index is 12.7. The van der Waals surface area contributed by atoms with Crippen molar-refractivity contribution < 1.29 is 14.3 Å². The van der Waals surface area contributed by atoms with Gasteiger partial charge in [0.05, 0.1) is 25.4 Å². The normalized spacial score (nSPS) is 17.0. The smallest absolute Gasteiger partial charge is 0.255 e. The Bertz CT molecular complexity index is 736. The van der Waals surface area contributed by atoms with Crippen molar-refractivity contribution in [3.63, 3.8) is 0 Å². The first-order valence-corrected chi connectivity index (χ1v) is 8.73. The van der Waals surface area contributed by atoms with E-state index in [1.54, 1.807) is 31.6 Å². The minimum Gasteiger partial charge on any atom is -0.481 e. The number of hydrogen-bond acceptors (Lipinski definition) is 6. The van der Waals surface area contributed by atoms with Crippen LogP contribution in [0.2, 0.25) is 0 Å². The number of anilines is 1. The number of carbonyl (C=O) groups is 1. The highest BCUT2D eigenvalue weighted by molar-refractivity contribution is 5.94. The summed E-state index contributed by atoms with van der Waals surface area (Å²) in [5.74, 6) is 1.34. The summed E-state index contributed by atoms with van der Waals surface area (Å²) in [4.78, 5) is 22.8. The molecule has 0 bridgehead atoms. The van der Waals surface area contributed by atoms with Gasteiger partial charge in [-0.3, -0.25) is 4.79 Å². The molecular formula is C19H24N4O3. The van der Waals surface area contributed by atoms with Crippen molar-refractivity contribution >= 4 is 11.7 Å². The molecule has 1 aliphatic rings. The Morgan fingerprint density at radius 3 is 3.00 bits per heavy atom. The number of hydrogen-bond donors (Lipinski definition) is 1. The molecule has 1 fully saturated rings. The van der Waals surface area contributed by atoms with Gasteiger partial charge in [-0.25, -0.2) is 9.97 Å². The molecule has 0 aliphatic carbocycles. The molecule has 26 heavy (non-hydrogen) atoms. The van der Waals surface area contributed by atoms with Crippen LogP contribution in [0.3, 0.4) is 0 Å². The molecule has 1 saturated heterocycles. The van der Waals surface area contributed by atoms with Crippen LogP contribution in [0.15, 0.2) is 36.7 Å². The number of amides is 1. The van der Waals surface area contributed by atoms with Crippen molar-refractivity contribution in [3.05, 3.63) is 47.8 Å². The van der Waals surface area contributed by atoms with Crippen molar-refractivity contribution in [3.8, 4) is 5.88 Å². The van der Waals surface area contributed by atoms with E-state index in [2.05, 4.69) is 15.3 Å². The molecule has 1 N–H and O–H groups in total. The van der Waals surface area contributed by atoms with Gasteiger partial charge in [-0.1, -0.05) is 0 Å². The predicted octanol–water partition coefficient (Wildman–Crippen LogP) is 2.00. The van der Waals surface area contributed by atoms with E-state index in [-0.39, 0.29) is 12.0 Å².